The van der Waals surface area contributed by atoms with Gasteiger partial charge in [0.05, 0.1) is 0 Å². The molecule has 0 atom stereocenters. The van der Waals surface area contributed by atoms with Crippen molar-refractivity contribution in [2.75, 3.05) is 0 Å². The molecule has 2 heteroatoms. The quantitative estimate of drug-likeness (QED) is 0.749. The first-order valence-corrected chi connectivity index (χ1v) is 5.74. The summed E-state index contributed by atoms with van der Waals surface area (Å²) in [5, 5.41) is 0. The van der Waals surface area contributed by atoms with E-state index in [0.717, 1.165) is 0 Å². The number of rotatable bonds is 3. The molecule has 0 saturated carbocycles. The van der Waals surface area contributed by atoms with Crippen molar-refractivity contribution < 1.29 is 4.79 Å². The maximum Gasteiger partial charge on any atom is 0.211 e. The fraction of sp³-hybridized carbons (Fsp3) is 0.200. The maximum absolute atomic E-state index is 12.1. The molecule has 0 aliphatic rings. The van der Waals surface area contributed by atoms with E-state index < -0.39 is 0 Å². The second-order valence-corrected chi connectivity index (χ2v) is 4.32. The first kappa shape index (κ1) is 11.5. The summed E-state index contributed by atoms with van der Waals surface area (Å²) in [5.74, 6) is 0.454. The van der Waals surface area contributed by atoms with Gasteiger partial charge in [-0.2, -0.15) is 0 Å². The molecule has 0 aliphatic heterocycles. The van der Waals surface area contributed by atoms with Crippen molar-refractivity contribution in [1.82, 2.24) is 4.98 Å². The molecule has 2 aromatic rings. The van der Waals surface area contributed by atoms with Gasteiger partial charge in [-0.05, 0) is 23.6 Å². The lowest BCUT2D eigenvalue weighted by Crippen LogP contribution is -2.03. The van der Waals surface area contributed by atoms with Crippen molar-refractivity contribution in [2.45, 2.75) is 19.8 Å². The van der Waals surface area contributed by atoms with Crippen LogP contribution in [-0.4, -0.2) is 10.8 Å². The lowest BCUT2D eigenvalue weighted by Gasteiger charge is -2.06. The average molecular weight is 225 g/mol. The highest BCUT2D eigenvalue weighted by molar-refractivity contribution is 6.07. The van der Waals surface area contributed by atoms with Crippen LogP contribution in [0.25, 0.3) is 0 Å². The summed E-state index contributed by atoms with van der Waals surface area (Å²) in [4.78, 5) is 16.1. The van der Waals surface area contributed by atoms with E-state index in [1.54, 1.807) is 18.3 Å². The summed E-state index contributed by atoms with van der Waals surface area (Å²) in [6.45, 7) is 4.27. The SMILES string of the molecule is CC(C)c1ccc(C(=O)c2ccccn2)cc1. The lowest BCUT2D eigenvalue weighted by atomic mass is 10.00. The third kappa shape index (κ3) is 2.59. The zero-order valence-electron chi connectivity index (χ0n) is 10.1. The van der Waals surface area contributed by atoms with Gasteiger partial charge in [0, 0.05) is 11.8 Å². The van der Waals surface area contributed by atoms with E-state index in [2.05, 4.69) is 18.8 Å². The lowest BCUT2D eigenvalue weighted by molar-refractivity contribution is 0.103. The van der Waals surface area contributed by atoms with Crippen LogP contribution >= 0.6 is 0 Å². The van der Waals surface area contributed by atoms with E-state index in [9.17, 15) is 4.79 Å². The summed E-state index contributed by atoms with van der Waals surface area (Å²) in [7, 11) is 0. The minimum atomic E-state index is -0.0269. The third-order valence-corrected chi connectivity index (χ3v) is 2.74. The molecule has 0 amide bonds. The zero-order valence-corrected chi connectivity index (χ0v) is 10.1. The minimum Gasteiger partial charge on any atom is -0.287 e. The van der Waals surface area contributed by atoms with Crippen LogP contribution in [0.15, 0.2) is 48.7 Å². The molecule has 1 aromatic carbocycles. The van der Waals surface area contributed by atoms with Gasteiger partial charge in [-0.1, -0.05) is 44.2 Å². The Kier molecular flexibility index (Phi) is 3.33. The van der Waals surface area contributed by atoms with Crippen LogP contribution < -0.4 is 0 Å². The van der Waals surface area contributed by atoms with Gasteiger partial charge in [0.1, 0.15) is 5.69 Å². The zero-order chi connectivity index (χ0) is 12.3. The molecule has 0 fully saturated rings. The van der Waals surface area contributed by atoms with Crippen molar-refractivity contribution in [1.29, 1.82) is 0 Å². The number of aromatic nitrogens is 1. The highest BCUT2D eigenvalue weighted by Crippen LogP contribution is 2.16. The van der Waals surface area contributed by atoms with Crippen molar-refractivity contribution >= 4 is 5.78 Å². The number of hydrogen-bond acceptors (Lipinski definition) is 2. The molecular formula is C15H15NO. The molecule has 0 saturated heterocycles. The molecule has 0 spiro atoms. The number of ketones is 1. The van der Waals surface area contributed by atoms with Gasteiger partial charge in [0.15, 0.2) is 0 Å². The fourth-order valence-electron chi connectivity index (χ4n) is 1.66. The molecule has 0 aliphatic carbocycles. The van der Waals surface area contributed by atoms with Gasteiger partial charge in [-0.15, -0.1) is 0 Å². The Bertz CT molecular complexity index is 500. The number of benzene rings is 1. The van der Waals surface area contributed by atoms with Crippen LogP contribution in [0.1, 0.15) is 41.4 Å². The van der Waals surface area contributed by atoms with Crippen molar-refractivity contribution in [3.05, 3.63) is 65.5 Å². The fourth-order valence-corrected chi connectivity index (χ4v) is 1.66. The van der Waals surface area contributed by atoms with E-state index in [4.69, 9.17) is 0 Å². The van der Waals surface area contributed by atoms with Crippen LogP contribution in [0.3, 0.4) is 0 Å². The molecule has 0 radical (unpaired) electrons. The summed E-state index contributed by atoms with van der Waals surface area (Å²) in [5.41, 5.74) is 2.42. The van der Waals surface area contributed by atoms with Gasteiger partial charge in [0.25, 0.3) is 0 Å². The number of carbonyl (C=O) groups excluding carboxylic acids is 1. The largest absolute Gasteiger partial charge is 0.287 e. The molecule has 0 N–H and O–H groups in total. The normalized spacial score (nSPS) is 10.5. The van der Waals surface area contributed by atoms with Crippen LogP contribution in [0.2, 0.25) is 0 Å². The van der Waals surface area contributed by atoms with Gasteiger partial charge >= 0.3 is 0 Å². The smallest absolute Gasteiger partial charge is 0.211 e. The maximum atomic E-state index is 12.1. The summed E-state index contributed by atoms with van der Waals surface area (Å²) < 4.78 is 0. The summed E-state index contributed by atoms with van der Waals surface area (Å²) in [6, 6.07) is 13.1. The van der Waals surface area contributed by atoms with E-state index in [1.165, 1.54) is 5.56 Å². The van der Waals surface area contributed by atoms with E-state index in [1.807, 2.05) is 30.3 Å². The van der Waals surface area contributed by atoms with Crippen molar-refractivity contribution in [3.63, 3.8) is 0 Å². The molecule has 0 unspecified atom stereocenters. The Labute approximate surface area is 101 Å². The molecule has 1 aromatic heterocycles. The highest BCUT2D eigenvalue weighted by atomic mass is 16.1. The van der Waals surface area contributed by atoms with Gasteiger partial charge < -0.3 is 0 Å². The standard InChI is InChI=1S/C15H15NO/c1-11(2)12-6-8-13(9-7-12)15(17)14-5-3-4-10-16-14/h3-11H,1-2H3. The summed E-state index contributed by atoms with van der Waals surface area (Å²) >= 11 is 0. The predicted octanol–water partition coefficient (Wildman–Crippen LogP) is 3.44. The van der Waals surface area contributed by atoms with Crippen LogP contribution in [-0.2, 0) is 0 Å². The molecule has 86 valence electrons. The Balaban J connectivity index is 2.27. The van der Waals surface area contributed by atoms with E-state index in [-0.39, 0.29) is 5.78 Å². The second kappa shape index (κ2) is 4.91. The Morgan fingerprint density at radius 2 is 1.76 bits per heavy atom. The number of carbonyl (C=O) groups is 1. The van der Waals surface area contributed by atoms with Crippen molar-refractivity contribution in [3.8, 4) is 0 Å². The van der Waals surface area contributed by atoms with Crippen LogP contribution in [0.5, 0.6) is 0 Å². The molecule has 17 heavy (non-hydrogen) atoms. The Hall–Kier alpha value is -1.96. The first-order valence-electron chi connectivity index (χ1n) is 5.74. The van der Waals surface area contributed by atoms with Gasteiger partial charge in [0.2, 0.25) is 5.78 Å². The topological polar surface area (TPSA) is 30.0 Å². The van der Waals surface area contributed by atoms with Gasteiger partial charge in [-0.25, -0.2) is 0 Å². The van der Waals surface area contributed by atoms with E-state index in [0.29, 0.717) is 17.2 Å². The van der Waals surface area contributed by atoms with Crippen LogP contribution in [0.4, 0.5) is 0 Å². The van der Waals surface area contributed by atoms with Gasteiger partial charge in [-0.3, -0.25) is 9.78 Å². The Morgan fingerprint density at radius 3 is 2.29 bits per heavy atom. The molecular weight excluding hydrogens is 210 g/mol. The number of hydrogen-bond donors (Lipinski definition) is 0. The molecule has 1 heterocycles. The third-order valence-electron chi connectivity index (χ3n) is 2.74. The Morgan fingerprint density at radius 1 is 1.06 bits per heavy atom. The number of pyridine rings is 1. The van der Waals surface area contributed by atoms with Crippen molar-refractivity contribution in [2.24, 2.45) is 0 Å². The first-order chi connectivity index (χ1) is 8.18. The van der Waals surface area contributed by atoms with Crippen LogP contribution in [0, 0.1) is 0 Å². The average Bonchev–Trinajstić information content (AvgIpc) is 2.39. The molecule has 0 bridgehead atoms. The second-order valence-electron chi connectivity index (χ2n) is 4.32. The van der Waals surface area contributed by atoms with E-state index >= 15 is 0 Å². The minimum absolute atomic E-state index is 0.0269. The monoisotopic (exact) mass is 225 g/mol. The highest BCUT2D eigenvalue weighted by Gasteiger charge is 2.09. The predicted molar refractivity (Wildman–Crippen MR) is 68.2 cm³/mol. The molecule has 2 rings (SSSR count). The molecule has 2 nitrogen and oxygen atoms in total. The summed E-state index contributed by atoms with van der Waals surface area (Å²) in [6.07, 6.45) is 1.63. The number of nitrogens with zero attached hydrogens (tertiary/aromatic N) is 1.